The summed E-state index contributed by atoms with van der Waals surface area (Å²) >= 11 is 1.55. The van der Waals surface area contributed by atoms with E-state index < -0.39 is 0 Å². The third-order valence-electron chi connectivity index (χ3n) is 3.16. The van der Waals surface area contributed by atoms with Gasteiger partial charge in [0.25, 0.3) is 0 Å². The second kappa shape index (κ2) is 5.68. The van der Waals surface area contributed by atoms with Crippen LogP contribution in [0.15, 0.2) is 5.16 Å². The molecule has 1 saturated carbocycles. The van der Waals surface area contributed by atoms with Crippen LogP contribution in [0.3, 0.4) is 0 Å². The highest BCUT2D eigenvalue weighted by Gasteiger charge is 2.24. The highest BCUT2D eigenvalue weighted by molar-refractivity contribution is 7.99. The van der Waals surface area contributed by atoms with E-state index in [1.165, 1.54) is 12.8 Å². The molecule has 96 valence electrons. The van der Waals surface area contributed by atoms with Gasteiger partial charge >= 0.3 is 0 Å². The van der Waals surface area contributed by atoms with Crippen LogP contribution in [0, 0.1) is 32.1 Å². The second-order valence-corrected chi connectivity index (χ2v) is 5.72. The van der Waals surface area contributed by atoms with E-state index in [1.807, 2.05) is 20.8 Å². The summed E-state index contributed by atoms with van der Waals surface area (Å²) in [7, 11) is 0. The van der Waals surface area contributed by atoms with Gasteiger partial charge in [-0.1, -0.05) is 11.8 Å². The summed E-state index contributed by atoms with van der Waals surface area (Å²) in [5.74, 6) is 0.703. The number of thioether (sulfide) groups is 1. The molecular weight excluding hydrogens is 244 g/mol. The van der Waals surface area contributed by atoms with Gasteiger partial charge < -0.3 is 0 Å². The molecule has 0 aliphatic heterocycles. The molecule has 18 heavy (non-hydrogen) atoms. The molecule has 1 atom stereocenters. The summed E-state index contributed by atoms with van der Waals surface area (Å²) < 4.78 is 0. The van der Waals surface area contributed by atoms with Crippen LogP contribution in [0.25, 0.3) is 0 Å². The molecule has 1 fully saturated rings. The number of aryl methyl sites for hydroxylation is 2. The monoisotopic (exact) mass is 262 g/mol. The van der Waals surface area contributed by atoms with Crippen molar-refractivity contribution in [3.8, 4) is 6.07 Å². The predicted molar refractivity (Wildman–Crippen MR) is 72.5 cm³/mol. The molecular formula is C13H18N4S. The Morgan fingerprint density at radius 3 is 2.44 bits per heavy atom. The minimum absolute atomic E-state index is 0.104. The Hall–Kier alpha value is -1.12. The molecule has 0 radical (unpaired) electrons. The first-order valence-electron chi connectivity index (χ1n) is 6.20. The van der Waals surface area contributed by atoms with Gasteiger partial charge in [0.1, 0.15) is 6.04 Å². The second-order valence-electron chi connectivity index (χ2n) is 4.74. The number of hydrogen-bond donors (Lipinski definition) is 1. The maximum atomic E-state index is 9.07. The number of hydrogen-bond acceptors (Lipinski definition) is 5. The number of rotatable bonds is 5. The number of nitriles is 1. The van der Waals surface area contributed by atoms with Crippen LogP contribution >= 0.6 is 11.8 Å². The van der Waals surface area contributed by atoms with Gasteiger partial charge in [-0.05, 0) is 39.2 Å². The zero-order valence-corrected chi connectivity index (χ0v) is 11.8. The highest BCUT2D eigenvalue weighted by Crippen LogP contribution is 2.22. The largest absolute Gasteiger partial charge is 0.298 e. The molecule has 2 rings (SSSR count). The number of nitrogens with zero attached hydrogens (tertiary/aromatic N) is 3. The fourth-order valence-electron chi connectivity index (χ4n) is 1.62. The van der Waals surface area contributed by atoms with Crippen LogP contribution in [-0.4, -0.2) is 27.8 Å². The van der Waals surface area contributed by atoms with Crippen LogP contribution in [-0.2, 0) is 0 Å². The van der Waals surface area contributed by atoms with Gasteiger partial charge in [0.15, 0.2) is 5.16 Å². The molecule has 0 saturated heterocycles. The normalized spacial score (nSPS) is 16.3. The van der Waals surface area contributed by atoms with Crippen molar-refractivity contribution in [2.24, 2.45) is 0 Å². The van der Waals surface area contributed by atoms with Crippen LogP contribution in [0.1, 0.15) is 29.8 Å². The zero-order chi connectivity index (χ0) is 13.1. The van der Waals surface area contributed by atoms with E-state index in [2.05, 4.69) is 21.4 Å². The Morgan fingerprint density at radius 1 is 1.33 bits per heavy atom. The molecule has 5 heteroatoms. The summed E-state index contributed by atoms with van der Waals surface area (Å²) in [6.45, 7) is 6.03. The van der Waals surface area contributed by atoms with Crippen LogP contribution < -0.4 is 5.32 Å². The average Bonchev–Trinajstić information content (AvgIpc) is 3.15. The van der Waals surface area contributed by atoms with Crippen molar-refractivity contribution in [2.75, 3.05) is 5.75 Å². The Kier molecular flexibility index (Phi) is 4.20. The Labute approximate surface area is 112 Å². The van der Waals surface area contributed by atoms with E-state index in [-0.39, 0.29) is 6.04 Å². The van der Waals surface area contributed by atoms with Crippen LogP contribution in [0.5, 0.6) is 0 Å². The van der Waals surface area contributed by atoms with Crippen molar-refractivity contribution < 1.29 is 0 Å². The lowest BCUT2D eigenvalue weighted by Gasteiger charge is -2.10. The minimum Gasteiger partial charge on any atom is -0.298 e. The van der Waals surface area contributed by atoms with Crippen molar-refractivity contribution in [1.82, 2.24) is 15.3 Å². The van der Waals surface area contributed by atoms with Gasteiger partial charge in [-0.2, -0.15) is 5.26 Å². The summed E-state index contributed by atoms with van der Waals surface area (Å²) in [4.78, 5) is 8.90. The molecule has 1 unspecified atom stereocenters. The zero-order valence-electron chi connectivity index (χ0n) is 11.0. The van der Waals surface area contributed by atoms with Crippen molar-refractivity contribution >= 4 is 11.8 Å². The van der Waals surface area contributed by atoms with E-state index in [1.54, 1.807) is 11.8 Å². The SMILES string of the molecule is Cc1nc(SCC(C#N)NC2CC2)nc(C)c1C. The molecule has 1 N–H and O–H groups in total. The quantitative estimate of drug-likeness (QED) is 0.650. The van der Waals surface area contributed by atoms with Crippen LogP contribution in [0.2, 0.25) is 0 Å². The third kappa shape index (κ3) is 3.44. The molecule has 4 nitrogen and oxygen atoms in total. The molecule has 0 amide bonds. The fourth-order valence-corrected chi connectivity index (χ4v) is 2.51. The van der Waals surface area contributed by atoms with Gasteiger partial charge in [0.05, 0.1) is 6.07 Å². The van der Waals surface area contributed by atoms with Crippen molar-refractivity contribution in [3.63, 3.8) is 0 Å². The fraction of sp³-hybridized carbons (Fsp3) is 0.615. The third-order valence-corrected chi connectivity index (χ3v) is 4.10. The molecule has 0 aromatic carbocycles. The Morgan fingerprint density at radius 2 is 1.94 bits per heavy atom. The number of nitrogens with one attached hydrogen (secondary N) is 1. The van der Waals surface area contributed by atoms with Crippen molar-refractivity contribution in [1.29, 1.82) is 5.26 Å². The van der Waals surface area contributed by atoms with Gasteiger partial charge in [0, 0.05) is 23.2 Å². The summed E-state index contributed by atoms with van der Waals surface area (Å²) in [5.41, 5.74) is 3.19. The first kappa shape index (κ1) is 13.3. The number of aromatic nitrogens is 2. The van der Waals surface area contributed by atoms with E-state index in [0.717, 1.165) is 22.1 Å². The van der Waals surface area contributed by atoms with E-state index in [0.29, 0.717) is 11.8 Å². The molecule has 1 aromatic rings. The smallest absolute Gasteiger partial charge is 0.188 e. The Balaban J connectivity index is 1.94. The molecule has 1 heterocycles. The first-order valence-corrected chi connectivity index (χ1v) is 7.19. The lowest BCUT2D eigenvalue weighted by atomic mass is 10.2. The molecule has 1 aromatic heterocycles. The molecule has 0 bridgehead atoms. The molecule has 1 aliphatic carbocycles. The molecule has 0 spiro atoms. The summed E-state index contributed by atoms with van der Waals surface area (Å²) in [5, 5.41) is 13.2. The minimum atomic E-state index is -0.104. The van der Waals surface area contributed by atoms with Gasteiger partial charge in [-0.25, -0.2) is 9.97 Å². The predicted octanol–water partition coefficient (Wildman–Crippen LogP) is 2.14. The highest BCUT2D eigenvalue weighted by atomic mass is 32.2. The summed E-state index contributed by atoms with van der Waals surface area (Å²) in [6, 6.07) is 2.75. The van der Waals surface area contributed by atoms with E-state index >= 15 is 0 Å². The Bertz CT molecular complexity index is 453. The standard InChI is InChI=1S/C13H18N4S/c1-8-9(2)15-13(16-10(8)3)18-7-12(6-14)17-11-4-5-11/h11-12,17H,4-5,7H2,1-3H3. The van der Waals surface area contributed by atoms with E-state index in [4.69, 9.17) is 5.26 Å². The maximum absolute atomic E-state index is 9.07. The summed E-state index contributed by atoms with van der Waals surface area (Å²) in [6.07, 6.45) is 2.39. The van der Waals surface area contributed by atoms with Crippen molar-refractivity contribution in [2.45, 2.75) is 50.9 Å². The topological polar surface area (TPSA) is 61.6 Å². The van der Waals surface area contributed by atoms with Gasteiger partial charge in [0.2, 0.25) is 0 Å². The average molecular weight is 262 g/mol. The van der Waals surface area contributed by atoms with Crippen LogP contribution in [0.4, 0.5) is 0 Å². The lowest BCUT2D eigenvalue weighted by molar-refractivity contribution is 0.643. The first-order chi connectivity index (χ1) is 8.60. The van der Waals surface area contributed by atoms with Crippen molar-refractivity contribution in [3.05, 3.63) is 17.0 Å². The lowest BCUT2D eigenvalue weighted by Crippen LogP contribution is -2.31. The van der Waals surface area contributed by atoms with E-state index in [9.17, 15) is 0 Å². The molecule has 1 aliphatic rings. The maximum Gasteiger partial charge on any atom is 0.188 e. The van der Waals surface area contributed by atoms with Gasteiger partial charge in [-0.3, -0.25) is 5.32 Å². The van der Waals surface area contributed by atoms with Gasteiger partial charge in [-0.15, -0.1) is 0 Å².